The Morgan fingerprint density at radius 3 is 2.41 bits per heavy atom. The Labute approximate surface area is 188 Å². The smallest absolute Gasteiger partial charge is 0.228 e. The lowest BCUT2D eigenvalue weighted by Crippen LogP contribution is -2.33. The van der Waals surface area contributed by atoms with Gasteiger partial charge < -0.3 is 19.4 Å². The summed E-state index contributed by atoms with van der Waals surface area (Å²) in [6, 6.07) is 10.00. The normalized spacial score (nSPS) is 16.9. The third-order valence-corrected chi connectivity index (χ3v) is 6.03. The highest BCUT2D eigenvalue weighted by Crippen LogP contribution is 2.34. The summed E-state index contributed by atoms with van der Waals surface area (Å²) < 4.78 is 18.7. The first-order valence-electron chi connectivity index (χ1n) is 10.9. The summed E-state index contributed by atoms with van der Waals surface area (Å²) in [5.74, 6) is 0.308. The topological polar surface area (TPSA) is 48.9 Å². The molecule has 2 aromatic rings. The van der Waals surface area contributed by atoms with Crippen molar-refractivity contribution >= 4 is 22.9 Å². The molecule has 4 rings (SSSR count). The molecule has 1 aromatic carbocycles. The van der Waals surface area contributed by atoms with Crippen LogP contribution in [0.1, 0.15) is 25.0 Å². The highest BCUT2D eigenvalue weighted by molar-refractivity contribution is 5.94. The standard InChI is InChI=1S/C25H29FN4O2/c1-28(2)20-8-4-18(5-9-20)25-22(12-13-23(27-25)32-3)29-15-14-24(31)30(17-16-29)21-10-6-19(26)7-11-21/h4,6-8,10-13H,5,9,14-17H2,1-3H3. The van der Waals surface area contributed by atoms with Crippen molar-refractivity contribution in [1.29, 1.82) is 0 Å². The van der Waals surface area contributed by atoms with Gasteiger partial charge in [-0.05, 0) is 54.8 Å². The number of methoxy groups -OCH3 is 1. The Morgan fingerprint density at radius 2 is 1.75 bits per heavy atom. The predicted octanol–water partition coefficient (Wildman–Crippen LogP) is 4.10. The molecule has 7 heteroatoms. The van der Waals surface area contributed by atoms with E-state index >= 15 is 0 Å². The van der Waals surface area contributed by atoms with E-state index in [0.717, 1.165) is 35.5 Å². The molecule has 0 bridgehead atoms. The largest absolute Gasteiger partial charge is 0.481 e. The van der Waals surface area contributed by atoms with Crippen molar-refractivity contribution in [2.45, 2.75) is 19.3 Å². The fourth-order valence-electron chi connectivity index (χ4n) is 4.19. The van der Waals surface area contributed by atoms with Crippen LogP contribution in [0.5, 0.6) is 5.88 Å². The Hall–Kier alpha value is -3.35. The van der Waals surface area contributed by atoms with Crippen LogP contribution in [0.25, 0.3) is 5.57 Å². The number of carbonyl (C=O) groups is 1. The molecule has 32 heavy (non-hydrogen) atoms. The van der Waals surface area contributed by atoms with Gasteiger partial charge in [-0.1, -0.05) is 6.08 Å². The molecular formula is C25H29FN4O2. The van der Waals surface area contributed by atoms with Gasteiger partial charge in [0.05, 0.1) is 18.5 Å². The molecule has 168 valence electrons. The molecule has 6 nitrogen and oxygen atoms in total. The molecule has 2 aliphatic rings. The van der Waals surface area contributed by atoms with Crippen molar-refractivity contribution in [3.63, 3.8) is 0 Å². The summed E-state index contributed by atoms with van der Waals surface area (Å²) >= 11 is 0. The maximum absolute atomic E-state index is 13.3. The molecule has 1 aromatic heterocycles. The number of amides is 1. The van der Waals surface area contributed by atoms with Gasteiger partial charge in [0.15, 0.2) is 0 Å². The van der Waals surface area contributed by atoms with Gasteiger partial charge in [-0.15, -0.1) is 0 Å². The molecule has 0 atom stereocenters. The maximum atomic E-state index is 13.3. The molecular weight excluding hydrogens is 407 g/mol. The molecule has 0 N–H and O–H groups in total. The van der Waals surface area contributed by atoms with E-state index in [1.165, 1.54) is 17.8 Å². The van der Waals surface area contributed by atoms with Gasteiger partial charge in [0, 0.05) is 57.6 Å². The molecule has 0 saturated carbocycles. The first kappa shape index (κ1) is 21.9. The molecule has 1 fully saturated rings. The van der Waals surface area contributed by atoms with Gasteiger partial charge in [-0.2, -0.15) is 0 Å². The number of hydrogen-bond acceptors (Lipinski definition) is 5. The van der Waals surface area contributed by atoms with Crippen molar-refractivity contribution in [1.82, 2.24) is 9.88 Å². The Balaban J connectivity index is 1.62. The van der Waals surface area contributed by atoms with E-state index in [0.29, 0.717) is 31.9 Å². The minimum atomic E-state index is -0.307. The minimum absolute atomic E-state index is 0.0394. The van der Waals surface area contributed by atoms with E-state index in [9.17, 15) is 9.18 Å². The molecule has 1 amide bonds. The Morgan fingerprint density at radius 1 is 0.969 bits per heavy atom. The van der Waals surface area contributed by atoms with Crippen LogP contribution in [-0.4, -0.2) is 56.6 Å². The van der Waals surface area contributed by atoms with Gasteiger partial charge >= 0.3 is 0 Å². The molecule has 0 spiro atoms. The summed E-state index contributed by atoms with van der Waals surface area (Å²) in [6.45, 7) is 1.79. The first-order valence-corrected chi connectivity index (χ1v) is 10.9. The molecule has 1 aliphatic carbocycles. The molecule has 1 saturated heterocycles. The summed E-state index contributed by atoms with van der Waals surface area (Å²) in [6.07, 6.45) is 6.51. The Bertz CT molecular complexity index is 1050. The number of pyridine rings is 1. The van der Waals surface area contributed by atoms with Gasteiger partial charge in [-0.3, -0.25) is 4.79 Å². The highest BCUT2D eigenvalue weighted by atomic mass is 19.1. The third kappa shape index (κ3) is 4.61. The number of halogens is 1. The van der Waals surface area contributed by atoms with Gasteiger partial charge in [0.1, 0.15) is 5.82 Å². The summed E-state index contributed by atoms with van der Waals surface area (Å²) in [5.41, 5.74) is 5.08. The fourth-order valence-corrected chi connectivity index (χ4v) is 4.19. The van der Waals surface area contributed by atoms with E-state index in [-0.39, 0.29) is 11.7 Å². The second kappa shape index (κ2) is 9.42. The molecule has 1 aliphatic heterocycles. The zero-order chi connectivity index (χ0) is 22.7. The maximum Gasteiger partial charge on any atom is 0.228 e. The van der Waals surface area contributed by atoms with E-state index in [2.05, 4.69) is 36.0 Å². The number of anilines is 2. The lowest BCUT2D eigenvalue weighted by molar-refractivity contribution is -0.118. The highest BCUT2D eigenvalue weighted by Gasteiger charge is 2.25. The quantitative estimate of drug-likeness (QED) is 0.707. The van der Waals surface area contributed by atoms with Crippen molar-refractivity contribution in [2.75, 3.05) is 50.6 Å². The minimum Gasteiger partial charge on any atom is -0.481 e. The van der Waals surface area contributed by atoms with E-state index in [1.807, 2.05) is 12.1 Å². The number of ether oxygens (including phenoxy) is 1. The molecule has 0 unspecified atom stereocenters. The summed E-state index contributed by atoms with van der Waals surface area (Å²) in [5, 5.41) is 0. The van der Waals surface area contributed by atoms with Crippen LogP contribution in [-0.2, 0) is 4.79 Å². The number of aromatic nitrogens is 1. The van der Waals surface area contributed by atoms with Crippen LogP contribution in [0.15, 0.2) is 54.2 Å². The molecule has 2 heterocycles. The number of allylic oxidation sites excluding steroid dienone is 4. The Kier molecular flexibility index (Phi) is 6.44. The zero-order valence-electron chi connectivity index (χ0n) is 18.8. The van der Waals surface area contributed by atoms with Crippen LogP contribution in [0.3, 0.4) is 0 Å². The van der Waals surface area contributed by atoms with Gasteiger partial charge in [-0.25, -0.2) is 9.37 Å². The van der Waals surface area contributed by atoms with Crippen LogP contribution >= 0.6 is 0 Å². The second-order valence-electron chi connectivity index (χ2n) is 8.22. The average Bonchev–Trinajstić information content (AvgIpc) is 3.01. The van der Waals surface area contributed by atoms with Crippen LogP contribution < -0.4 is 14.5 Å². The zero-order valence-corrected chi connectivity index (χ0v) is 18.8. The SMILES string of the molecule is COc1ccc(N2CCC(=O)N(c3ccc(F)cc3)CC2)c(C2=CC=C(N(C)C)CC2)n1. The lowest BCUT2D eigenvalue weighted by Gasteiger charge is -2.27. The predicted molar refractivity (Wildman–Crippen MR) is 125 cm³/mol. The number of carbonyl (C=O) groups excluding carboxylic acids is 1. The first-order chi connectivity index (χ1) is 15.5. The average molecular weight is 437 g/mol. The lowest BCUT2D eigenvalue weighted by atomic mass is 9.97. The van der Waals surface area contributed by atoms with E-state index in [1.54, 1.807) is 24.1 Å². The summed E-state index contributed by atoms with van der Waals surface area (Å²) in [7, 11) is 5.73. The molecule has 0 radical (unpaired) electrons. The van der Waals surface area contributed by atoms with Crippen molar-refractivity contribution in [2.24, 2.45) is 0 Å². The number of rotatable bonds is 5. The third-order valence-electron chi connectivity index (χ3n) is 6.03. The second-order valence-corrected chi connectivity index (χ2v) is 8.22. The van der Waals surface area contributed by atoms with Crippen molar-refractivity contribution in [3.05, 3.63) is 65.8 Å². The monoisotopic (exact) mass is 436 g/mol. The van der Waals surface area contributed by atoms with Crippen molar-refractivity contribution < 1.29 is 13.9 Å². The van der Waals surface area contributed by atoms with Crippen LogP contribution in [0.4, 0.5) is 15.8 Å². The number of hydrogen-bond donors (Lipinski definition) is 0. The number of nitrogens with zero attached hydrogens (tertiary/aromatic N) is 4. The van der Waals surface area contributed by atoms with Crippen LogP contribution in [0.2, 0.25) is 0 Å². The fraction of sp³-hybridized carbons (Fsp3) is 0.360. The summed E-state index contributed by atoms with van der Waals surface area (Å²) in [4.78, 5) is 23.7. The van der Waals surface area contributed by atoms with Crippen LogP contribution in [0, 0.1) is 5.82 Å². The van der Waals surface area contributed by atoms with Crippen molar-refractivity contribution in [3.8, 4) is 5.88 Å². The van der Waals surface area contributed by atoms with Gasteiger partial charge in [0.2, 0.25) is 11.8 Å². The van der Waals surface area contributed by atoms with Gasteiger partial charge in [0.25, 0.3) is 0 Å². The van der Waals surface area contributed by atoms with E-state index < -0.39 is 0 Å². The number of benzene rings is 1. The van der Waals surface area contributed by atoms with E-state index in [4.69, 9.17) is 9.72 Å².